The molecule has 0 bridgehead atoms. The van der Waals surface area contributed by atoms with Gasteiger partial charge in [0, 0.05) is 31.8 Å². The van der Waals surface area contributed by atoms with Gasteiger partial charge in [-0.25, -0.2) is 13.2 Å². The highest BCUT2D eigenvalue weighted by molar-refractivity contribution is 5.94. The third-order valence-electron chi connectivity index (χ3n) is 3.42. The molecule has 1 aliphatic heterocycles. The third-order valence-corrected chi connectivity index (χ3v) is 3.42. The minimum absolute atomic E-state index is 0.000474. The second-order valence-corrected chi connectivity index (χ2v) is 4.90. The average Bonchev–Trinajstić information content (AvgIpc) is 2.44. The van der Waals surface area contributed by atoms with Gasteiger partial charge in [0.2, 0.25) is 0 Å². The molecular weight excluding hydrogens is 285 g/mol. The van der Waals surface area contributed by atoms with Gasteiger partial charge in [-0.1, -0.05) is 0 Å². The second kappa shape index (κ2) is 6.91. The summed E-state index contributed by atoms with van der Waals surface area (Å²) in [5, 5.41) is 0. The molecule has 0 aromatic heterocycles. The number of nitrogens with zero attached hydrogens (tertiary/aromatic N) is 1. The Morgan fingerprint density at radius 2 is 1.81 bits per heavy atom. The van der Waals surface area contributed by atoms with E-state index in [1.54, 1.807) is 0 Å². The zero-order valence-corrected chi connectivity index (χ0v) is 11.4. The molecule has 1 fully saturated rings. The predicted octanol–water partition coefficient (Wildman–Crippen LogP) is 1.68. The number of carbonyl (C=O) groups excluding carboxylic acids is 1. The van der Waals surface area contributed by atoms with Gasteiger partial charge >= 0.3 is 0 Å². The molecule has 1 aromatic carbocycles. The topological polar surface area (TPSA) is 55.6 Å². The Morgan fingerprint density at radius 1 is 1.24 bits per heavy atom. The van der Waals surface area contributed by atoms with Crippen LogP contribution in [-0.2, 0) is 4.74 Å². The van der Waals surface area contributed by atoms with Crippen LogP contribution >= 0.6 is 0 Å². The Hall–Kier alpha value is -1.60. The SMILES string of the molecule is NCCOC1CCN(C(=O)c2c(F)cc(F)cc2F)CC1. The minimum Gasteiger partial charge on any atom is -0.377 e. The van der Waals surface area contributed by atoms with E-state index in [0.717, 1.165) is 0 Å². The van der Waals surface area contributed by atoms with Crippen molar-refractivity contribution in [2.75, 3.05) is 26.2 Å². The molecule has 1 aromatic rings. The lowest BCUT2D eigenvalue weighted by molar-refractivity contribution is 0.0119. The highest BCUT2D eigenvalue weighted by atomic mass is 19.1. The number of hydrogen-bond donors (Lipinski definition) is 1. The quantitative estimate of drug-likeness (QED) is 0.921. The molecular formula is C14H17F3N2O2. The number of nitrogens with two attached hydrogens (primary N) is 1. The molecule has 7 heteroatoms. The van der Waals surface area contributed by atoms with Crippen molar-refractivity contribution < 1.29 is 22.7 Å². The Morgan fingerprint density at radius 3 is 2.33 bits per heavy atom. The normalized spacial score (nSPS) is 16.3. The van der Waals surface area contributed by atoms with Crippen LogP contribution in [0.15, 0.2) is 12.1 Å². The first kappa shape index (κ1) is 15.8. The lowest BCUT2D eigenvalue weighted by Gasteiger charge is -2.32. The first-order chi connectivity index (χ1) is 10.0. The molecule has 4 nitrogen and oxygen atoms in total. The van der Waals surface area contributed by atoms with E-state index in [9.17, 15) is 18.0 Å². The van der Waals surface area contributed by atoms with Crippen molar-refractivity contribution in [1.82, 2.24) is 4.90 Å². The molecule has 0 saturated carbocycles. The largest absolute Gasteiger partial charge is 0.377 e. The summed E-state index contributed by atoms with van der Waals surface area (Å²) >= 11 is 0. The van der Waals surface area contributed by atoms with E-state index in [2.05, 4.69) is 0 Å². The van der Waals surface area contributed by atoms with Crippen LogP contribution < -0.4 is 5.73 Å². The molecule has 0 atom stereocenters. The van der Waals surface area contributed by atoms with E-state index in [0.29, 0.717) is 51.2 Å². The van der Waals surface area contributed by atoms with E-state index >= 15 is 0 Å². The fourth-order valence-electron chi connectivity index (χ4n) is 2.36. The number of hydrogen-bond acceptors (Lipinski definition) is 3. The maximum absolute atomic E-state index is 13.6. The molecule has 0 spiro atoms. The molecule has 21 heavy (non-hydrogen) atoms. The van der Waals surface area contributed by atoms with Gasteiger partial charge in [0.15, 0.2) is 0 Å². The zero-order chi connectivity index (χ0) is 15.4. The molecule has 0 radical (unpaired) electrons. The predicted molar refractivity (Wildman–Crippen MR) is 70.2 cm³/mol. The van der Waals surface area contributed by atoms with Crippen molar-refractivity contribution in [1.29, 1.82) is 0 Å². The van der Waals surface area contributed by atoms with Gasteiger partial charge in [0.25, 0.3) is 5.91 Å². The summed E-state index contributed by atoms with van der Waals surface area (Å²) in [5.41, 5.74) is 4.63. The molecule has 0 unspecified atom stereocenters. The number of piperidine rings is 1. The lowest BCUT2D eigenvalue weighted by atomic mass is 10.1. The molecule has 1 heterocycles. The summed E-state index contributed by atoms with van der Waals surface area (Å²) in [6.07, 6.45) is 1.16. The van der Waals surface area contributed by atoms with E-state index < -0.39 is 28.9 Å². The van der Waals surface area contributed by atoms with Crippen LogP contribution in [0, 0.1) is 17.5 Å². The maximum atomic E-state index is 13.6. The number of likely N-dealkylation sites (tertiary alicyclic amines) is 1. The van der Waals surface area contributed by atoms with Crippen molar-refractivity contribution in [3.63, 3.8) is 0 Å². The van der Waals surface area contributed by atoms with Crippen LogP contribution in [0.3, 0.4) is 0 Å². The average molecular weight is 302 g/mol. The molecule has 1 amide bonds. The maximum Gasteiger partial charge on any atom is 0.259 e. The Kier molecular flexibility index (Phi) is 5.19. The number of amides is 1. The van der Waals surface area contributed by atoms with Gasteiger partial charge in [-0.15, -0.1) is 0 Å². The summed E-state index contributed by atoms with van der Waals surface area (Å²) in [7, 11) is 0. The van der Waals surface area contributed by atoms with Crippen LogP contribution in [0.1, 0.15) is 23.2 Å². The Labute approximate surface area is 120 Å². The van der Waals surface area contributed by atoms with Crippen molar-refractivity contribution in [3.05, 3.63) is 35.1 Å². The van der Waals surface area contributed by atoms with Crippen LogP contribution in [0.5, 0.6) is 0 Å². The van der Waals surface area contributed by atoms with Crippen molar-refractivity contribution in [2.24, 2.45) is 5.73 Å². The molecule has 1 saturated heterocycles. The minimum atomic E-state index is -1.18. The fourth-order valence-corrected chi connectivity index (χ4v) is 2.36. The van der Waals surface area contributed by atoms with Gasteiger partial charge < -0.3 is 15.4 Å². The van der Waals surface area contributed by atoms with Crippen molar-refractivity contribution in [3.8, 4) is 0 Å². The van der Waals surface area contributed by atoms with E-state index in [1.165, 1.54) is 4.90 Å². The molecule has 116 valence electrons. The Bertz CT molecular complexity index is 494. The molecule has 2 rings (SSSR count). The van der Waals surface area contributed by atoms with Gasteiger partial charge in [0.1, 0.15) is 23.0 Å². The lowest BCUT2D eigenvalue weighted by Crippen LogP contribution is -2.41. The van der Waals surface area contributed by atoms with E-state index in [-0.39, 0.29) is 6.10 Å². The molecule has 2 N–H and O–H groups in total. The van der Waals surface area contributed by atoms with Crippen molar-refractivity contribution >= 4 is 5.91 Å². The second-order valence-electron chi connectivity index (χ2n) is 4.90. The zero-order valence-electron chi connectivity index (χ0n) is 11.4. The van der Waals surface area contributed by atoms with Crippen molar-refractivity contribution in [2.45, 2.75) is 18.9 Å². The highest BCUT2D eigenvalue weighted by Crippen LogP contribution is 2.20. The van der Waals surface area contributed by atoms with Crippen LogP contribution in [-0.4, -0.2) is 43.2 Å². The molecule has 1 aliphatic rings. The van der Waals surface area contributed by atoms with Crippen LogP contribution in [0.2, 0.25) is 0 Å². The molecule has 0 aliphatic carbocycles. The summed E-state index contributed by atoms with van der Waals surface area (Å²) < 4.78 is 45.5. The van der Waals surface area contributed by atoms with Crippen LogP contribution in [0.25, 0.3) is 0 Å². The van der Waals surface area contributed by atoms with Gasteiger partial charge in [-0.05, 0) is 12.8 Å². The fraction of sp³-hybridized carbons (Fsp3) is 0.500. The highest BCUT2D eigenvalue weighted by Gasteiger charge is 2.28. The third kappa shape index (κ3) is 3.74. The van der Waals surface area contributed by atoms with Gasteiger partial charge in [0.05, 0.1) is 12.7 Å². The smallest absolute Gasteiger partial charge is 0.259 e. The number of rotatable bonds is 4. The number of benzene rings is 1. The number of ether oxygens (including phenoxy) is 1. The number of carbonyl (C=O) groups is 1. The van der Waals surface area contributed by atoms with E-state index in [1.807, 2.05) is 0 Å². The summed E-state index contributed by atoms with van der Waals surface area (Å²) in [5.74, 6) is -4.17. The number of halogens is 3. The first-order valence-corrected chi connectivity index (χ1v) is 6.78. The summed E-state index contributed by atoms with van der Waals surface area (Å²) in [4.78, 5) is 13.5. The standard InChI is InChI=1S/C14H17F3N2O2/c15-9-7-11(16)13(12(17)8-9)14(20)19-4-1-10(2-5-19)21-6-3-18/h7-8,10H,1-6,18H2. The first-order valence-electron chi connectivity index (χ1n) is 6.78. The summed E-state index contributed by atoms with van der Waals surface area (Å²) in [6, 6.07) is 1.01. The van der Waals surface area contributed by atoms with Gasteiger partial charge in [-0.3, -0.25) is 4.79 Å². The monoisotopic (exact) mass is 302 g/mol. The summed E-state index contributed by atoms with van der Waals surface area (Å²) in [6.45, 7) is 1.54. The van der Waals surface area contributed by atoms with Gasteiger partial charge in [-0.2, -0.15) is 0 Å². The van der Waals surface area contributed by atoms with Crippen LogP contribution in [0.4, 0.5) is 13.2 Å². The van der Waals surface area contributed by atoms with E-state index in [4.69, 9.17) is 10.5 Å². The Balaban J connectivity index is 2.02.